The second kappa shape index (κ2) is 7.55. The van der Waals surface area contributed by atoms with E-state index in [1.54, 1.807) is 4.98 Å². The summed E-state index contributed by atoms with van der Waals surface area (Å²) in [7, 11) is 0. The number of nitrogens with zero attached hydrogens (tertiary/aromatic N) is 1. The van der Waals surface area contributed by atoms with Gasteiger partial charge in [-0.25, -0.2) is 4.79 Å². The molecule has 12 heteroatoms. The van der Waals surface area contributed by atoms with E-state index in [1.807, 2.05) is 0 Å². The molecular formula is C13H16FN3O8. The van der Waals surface area contributed by atoms with E-state index in [2.05, 4.69) is 0 Å². The number of carboxylic acids is 1. The average Bonchev–Trinajstić information content (AvgIpc) is 2.89. The summed E-state index contributed by atoms with van der Waals surface area (Å²) in [5.74, 6) is -3.47. The molecule has 0 aliphatic carbocycles. The smallest absolute Gasteiger partial charge is 0.330 e. The number of halogens is 1. The van der Waals surface area contributed by atoms with Crippen LogP contribution in [0.2, 0.25) is 0 Å². The zero-order chi connectivity index (χ0) is 18.7. The van der Waals surface area contributed by atoms with E-state index in [4.69, 9.17) is 20.3 Å². The zero-order valence-electron chi connectivity index (χ0n) is 12.8. The molecule has 1 aliphatic heterocycles. The Bertz CT molecular complexity index is 775. The summed E-state index contributed by atoms with van der Waals surface area (Å²) < 4.78 is 24.2. The maximum absolute atomic E-state index is 13.3. The largest absolute Gasteiger partial charge is 0.480 e. The Balaban J connectivity index is 1.97. The summed E-state index contributed by atoms with van der Waals surface area (Å²) in [5.41, 5.74) is 3.08. The highest BCUT2D eigenvalue weighted by Crippen LogP contribution is 2.27. The Morgan fingerprint density at radius 3 is 2.84 bits per heavy atom. The molecule has 0 saturated carbocycles. The number of ether oxygens (including phenoxy) is 2. The van der Waals surface area contributed by atoms with Crippen LogP contribution in [0.15, 0.2) is 15.8 Å². The van der Waals surface area contributed by atoms with Crippen LogP contribution < -0.4 is 17.0 Å². The Kier molecular flexibility index (Phi) is 5.66. The molecule has 25 heavy (non-hydrogen) atoms. The minimum absolute atomic E-state index is 0.109. The van der Waals surface area contributed by atoms with Gasteiger partial charge in [0.1, 0.15) is 25.0 Å². The van der Waals surface area contributed by atoms with Crippen molar-refractivity contribution in [2.24, 2.45) is 5.73 Å². The van der Waals surface area contributed by atoms with Crippen molar-refractivity contribution in [1.29, 1.82) is 0 Å². The van der Waals surface area contributed by atoms with E-state index in [-0.39, 0.29) is 6.42 Å². The van der Waals surface area contributed by atoms with Crippen molar-refractivity contribution in [1.82, 2.24) is 9.55 Å². The number of aliphatic hydroxyl groups is 1. The van der Waals surface area contributed by atoms with E-state index in [0.29, 0.717) is 6.20 Å². The van der Waals surface area contributed by atoms with Gasteiger partial charge in [0.2, 0.25) is 5.82 Å². The topological polar surface area (TPSA) is 174 Å². The molecule has 1 aromatic heterocycles. The maximum Gasteiger partial charge on any atom is 0.330 e. The van der Waals surface area contributed by atoms with Crippen LogP contribution in [0, 0.1) is 5.82 Å². The molecule has 0 bridgehead atoms. The van der Waals surface area contributed by atoms with Crippen molar-refractivity contribution < 1.29 is 33.7 Å². The van der Waals surface area contributed by atoms with Gasteiger partial charge >= 0.3 is 17.6 Å². The van der Waals surface area contributed by atoms with Gasteiger partial charge in [-0.05, 0) is 0 Å². The lowest BCUT2D eigenvalue weighted by Gasteiger charge is -2.16. The Morgan fingerprint density at radius 2 is 2.20 bits per heavy atom. The molecule has 5 N–H and O–H groups in total. The Hall–Kier alpha value is -2.57. The Morgan fingerprint density at radius 1 is 1.52 bits per heavy atom. The molecule has 138 valence electrons. The molecule has 0 aromatic carbocycles. The third kappa shape index (κ3) is 4.49. The van der Waals surface area contributed by atoms with E-state index in [1.165, 1.54) is 0 Å². The number of H-pyrrole nitrogens is 1. The van der Waals surface area contributed by atoms with Gasteiger partial charge in [-0.2, -0.15) is 4.39 Å². The number of nitrogens with one attached hydrogen (secondary N) is 1. The highest BCUT2D eigenvalue weighted by Gasteiger charge is 2.36. The third-order valence-electron chi connectivity index (χ3n) is 3.55. The monoisotopic (exact) mass is 361 g/mol. The number of carbonyl (C=O) groups is 2. The molecule has 2 heterocycles. The molecule has 4 atom stereocenters. The first-order chi connectivity index (χ1) is 11.7. The van der Waals surface area contributed by atoms with E-state index in [9.17, 15) is 28.7 Å². The summed E-state index contributed by atoms with van der Waals surface area (Å²) in [6.07, 6.45) is -3.24. The average molecular weight is 361 g/mol. The summed E-state index contributed by atoms with van der Waals surface area (Å²) in [4.78, 5) is 46.4. The minimum atomic E-state index is -1.42. The number of carbonyl (C=O) groups excluding carboxylic acids is 1. The van der Waals surface area contributed by atoms with Gasteiger partial charge in [-0.1, -0.05) is 0 Å². The lowest BCUT2D eigenvalue weighted by molar-refractivity contribution is -0.153. The van der Waals surface area contributed by atoms with Gasteiger partial charge in [-0.3, -0.25) is 23.9 Å². The summed E-state index contributed by atoms with van der Waals surface area (Å²) in [6.45, 7) is -0.413. The molecule has 1 aliphatic rings. The van der Waals surface area contributed by atoms with Crippen LogP contribution in [-0.2, 0) is 19.1 Å². The SMILES string of the molecule is N[C@H](CC(=O)OC[C@H]1O[C@@H](n2cc(F)c(=O)[nH]c2=O)C[C@@H]1O)C(=O)O. The molecule has 2 rings (SSSR count). The maximum atomic E-state index is 13.3. The molecule has 0 radical (unpaired) electrons. The van der Waals surface area contributed by atoms with Crippen molar-refractivity contribution in [3.05, 3.63) is 32.9 Å². The Labute approximate surface area is 138 Å². The van der Waals surface area contributed by atoms with Crippen LogP contribution >= 0.6 is 0 Å². The highest BCUT2D eigenvalue weighted by molar-refractivity contribution is 5.81. The van der Waals surface area contributed by atoms with Gasteiger partial charge in [0.15, 0.2) is 0 Å². The fourth-order valence-corrected chi connectivity index (χ4v) is 2.21. The number of nitrogens with two attached hydrogens (primary N) is 1. The normalized spacial score (nSPS) is 24.0. The third-order valence-corrected chi connectivity index (χ3v) is 3.55. The first kappa shape index (κ1) is 18.8. The standard InChI is InChI=1S/C13H16FN3O8/c14-5-3-17(13(23)16-11(5)20)9-2-7(18)8(25-9)4-24-10(19)1-6(15)12(21)22/h3,6-9,18H,1-2,4,15H2,(H,21,22)(H,16,20,23)/t6-,7+,8-,9-/m1/s1. The van der Waals surface area contributed by atoms with Gasteiger partial charge < -0.3 is 25.4 Å². The number of aromatic amines is 1. The number of aliphatic carboxylic acids is 1. The molecule has 1 saturated heterocycles. The van der Waals surface area contributed by atoms with Gasteiger partial charge in [0.25, 0.3) is 5.56 Å². The molecule has 1 aromatic rings. The number of rotatable bonds is 6. The first-order valence-corrected chi connectivity index (χ1v) is 7.17. The summed E-state index contributed by atoms with van der Waals surface area (Å²) in [5, 5.41) is 18.5. The predicted molar refractivity (Wildman–Crippen MR) is 77.0 cm³/mol. The molecule has 0 amide bonds. The van der Waals surface area contributed by atoms with Crippen LogP contribution in [0.5, 0.6) is 0 Å². The van der Waals surface area contributed by atoms with Gasteiger partial charge in [-0.15, -0.1) is 0 Å². The molecule has 0 unspecified atom stereocenters. The van der Waals surface area contributed by atoms with Crippen molar-refractivity contribution in [3.8, 4) is 0 Å². The number of carboxylic acid groups (broad SMARTS) is 1. The second-order valence-electron chi connectivity index (χ2n) is 5.41. The highest BCUT2D eigenvalue weighted by atomic mass is 19.1. The fourth-order valence-electron chi connectivity index (χ4n) is 2.21. The summed E-state index contributed by atoms with van der Waals surface area (Å²) in [6, 6.07) is -1.42. The number of aromatic nitrogens is 2. The number of hydrogen-bond acceptors (Lipinski definition) is 8. The number of hydrogen-bond donors (Lipinski definition) is 4. The van der Waals surface area contributed by atoms with Crippen molar-refractivity contribution in [3.63, 3.8) is 0 Å². The molecule has 1 fully saturated rings. The van der Waals surface area contributed by atoms with Crippen LogP contribution in [0.3, 0.4) is 0 Å². The van der Waals surface area contributed by atoms with Gasteiger partial charge in [0, 0.05) is 6.42 Å². The van der Waals surface area contributed by atoms with E-state index >= 15 is 0 Å². The minimum Gasteiger partial charge on any atom is -0.480 e. The lowest BCUT2D eigenvalue weighted by atomic mass is 10.2. The quantitative estimate of drug-likeness (QED) is 0.405. The first-order valence-electron chi connectivity index (χ1n) is 7.17. The van der Waals surface area contributed by atoms with Gasteiger partial charge in [0.05, 0.1) is 18.7 Å². The van der Waals surface area contributed by atoms with E-state index in [0.717, 1.165) is 4.57 Å². The van der Waals surface area contributed by atoms with Crippen molar-refractivity contribution in [2.75, 3.05) is 6.61 Å². The van der Waals surface area contributed by atoms with Crippen LogP contribution in [0.25, 0.3) is 0 Å². The van der Waals surface area contributed by atoms with Crippen molar-refractivity contribution in [2.45, 2.75) is 37.3 Å². The van der Waals surface area contributed by atoms with Crippen molar-refractivity contribution >= 4 is 11.9 Å². The van der Waals surface area contributed by atoms with Crippen LogP contribution in [-0.4, -0.2) is 56.6 Å². The van der Waals surface area contributed by atoms with E-state index < -0.39 is 66.5 Å². The predicted octanol–water partition coefficient (Wildman–Crippen LogP) is -2.33. The van der Waals surface area contributed by atoms with Crippen LogP contribution in [0.4, 0.5) is 4.39 Å². The molecule has 11 nitrogen and oxygen atoms in total. The van der Waals surface area contributed by atoms with Crippen LogP contribution in [0.1, 0.15) is 19.1 Å². The lowest BCUT2D eigenvalue weighted by Crippen LogP contribution is -2.35. The summed E-state index contributed by atoms with van der Waals surface area (Å²) >= 11 is 0. The number of aliphatic hydroxyl groups excluding tert-OH is 1. The zero-order valence-corrected chi connectivity index (χ0v) is 12.8. The molecule has 0 spiro atoms. The fraction of sp³-hybridized carbons (Fsp3) is 0.538. The second-order valence-corrected chi connectivity index (χ2v) is 5.41. The number of esters is 1. The molecular weight excluding hydrogens is 345 g/mol.